The van der Waals surface area contributed by atoms with Crippen molar-refractivity contribution in [3.8, 4) is 11.5 Å². The van der Waals surface area contributed by atoms with Gasteiger partial charge in [-0.2, -0.15) is 0 Å². The van der Waals surface area contributed by atoms with Gasteiger partial charge in [0, 0.05) is 25.4 Å². The zero-order valence-corrected chi connectivity index (χ0v) is 12.2. The van der Waals surface area contributed by atoms with Gasteiger partial charge in [-0.3, -0.25) is 14.2 Å². The summed E-state index contributed by atoms with van der Waals surface area (Å²) in [6.45, 7) is 0.603. The van der Waals surface area contributed by atoms with Crippen LogP contribution >= 0.6 is 0 Å². The van der Waals surface area contributed by atoms with E-state index in [4.69, 9.17) is 9.47 Å². The van der Waals surface area contributed by atoms with Crippen molar-refractivity contribution in [1.82, 2.24) is 14.9 Å². The van der Waals surface area contributed by atoms with Crippen LogP contribution in [0, 0.1) is 0 Å². The lowest BCUT2D eigenvalue weighted by Crippen LogP contribution is -2.33. The molecule has 1 heterocycles. The van der Waals surface area contributed by atoms with Crippen molar-refractivity contribution < 1.29 is 14.3 Å². The molecule has 22 heavy (non-hydrogen) atoms. The molecular formula is C15H17N3O4. The van der Waals surface area contributed by atoms with E-state index in [2.05, 4.69) is 10.3 Å². The van der Waals surface area contributed by atoms with E-state index in [1.165, 1.54) is 23.2 Å². The van der Waals surface area contributed by atoms with Gasteiger partial charge in [0.15, 0.2) is 6.61 Å². The lowest BCUT2D eigenvalue weighted by molar-refractivity contribution is -0.123. The van der Waals surface area contributed by atoms with Crippen LogP contribution in [0.1, 0.15) is 0 Å². The summed E-state index contributed by atoms with van der Waals surface area (Å²) in [6.07, 6.45) is 2.86. The summed E-state index contributed by atoms with van der Waals surface area (Å²) in [6, 6.07) is 8.32. The van der Waals surface area contributed by atoms with Gasteiger partial charge in [-0.05, 0) is 24.3 Å². The average molecular weight is 303 g/mol. The maximum absolute atomic E-state index is 11.7. The molecule has 0 unspecified atom stereocenters. The van der Waals surface area contributed by atoms with Crippen molar-refractivity contribution in [3.05, 3.63) is 53.2 Å². The Kier molecular flexibility index (Phi) is 5.53. The molecule has 116 valence electrons. The molecule has 0 radical (unpaired) electrons. The number of benzene rings is 1. The standard InChI is InChI=1S/C15H17N3O4/c1-21-12-2-4-13(5-3-12)22-10-14(19)17-8-9-18-11-16-7-6-15(18)20/h2-7,11H,8-10H2,1H3,(H,17,19). The molecule has 2 aromatic rings. The number of aromatic nitrogens is 2. The molecule has 7 heteroatoms. The lowest BCUT2D eigenvalue weighted by Gasteiger charge is -2.08. The molecule has 1 N–H and O–H groups in total. The zero-order valence-electron chi connectivity index (χ0n) is 12.2. The third-order valence-electron chi connectivity index (χ3n) is 2.90. The summed E-state index contributed by atoms with van der Waals surface area (Å²) in [5, 5.41) is 2.68. The number of carbonyl (C=O) groups excluding carboxylic acids is 1. The highest BCUT2D eigenvalue weighted by molar-refractivity contribution is 5.77. The van der Waals surface area contributed by atoms with E-state index in [1.54, 1.807) is 31.4 Å². The molecule has 0 aliphatic rings. The van der Waals surface area contributed by atoms with Gasteiger partial charge in [-0.25, -0.2) is 4.98 Å². The number of hydrogen-bond donors (Lipinski definition) is 1. The van der Waals surface area contributed by atoms with Crippen molar-refractivity contribution >= 4 is 5.91 Å². The molecule has 0 spiro atoms. The molecule has 0 bridgehead atoms. The molecule has 2 rings (SSSR count). The fraction of sp³-hybridized carbons (Fsp3) is 0.267. The van der Waals surface area contributed by atoms with Crippen LogP contribution in [0.25, 0.3) is 0 Å². The normalized spacial score (nSPS) is 10.0. The van der Waals surface area contributed by atoms with E-state index >= 15 is 0 Å². The Hall–Kier alpha value is -2.83. The molecule has 0 atom stereocenters. The van der Waals surface area contributed by atoms with Crippen LogP contribution in [0.2, 0.25) is 0 Å². The van der Waals surface area contributed by atoms with Gasteiger partial charge in [0.1, 0.15) is 11.5 Å². The number of rotatable bonds is 7. The second-order valence-electron chi connectivity index (χ2n) is 4.43. The molecule has 1 amide bonds. The number of methoxy groups -OCH3 is 1. The molecule has 0 saturated heterocycles. The first kappa shape index (κ1) is 15.6. The third-order valence-corrected chi connectivity index (χ3v) is 2.90. The summed E-state index contributed by atoms with van der Waals surface area (Å²) < 4.78 is 11.8. The second kappa shape index (κ2) is 7.82. The van der Waals surface area contributed by atoms with Crippen LogP contribution in [0.15, 0.2) is 47.7 Å². The predicted molar refractivity (Wildman–Crippen MR) is 80.0 cm³/mol. The van der Waals surface area contributed by atoms with Crippen LogP contribution in [0.4, 0.5) is 0 Å². The zero-order chi connectivity index (χ0) is 15.8. The highest BCUT2D eigenvalue weighted by atomic mass is 16.5. The SMILES string of the molecule is COc1ccc(OCC(=O)NCCn2cnccc2=O)cc1. The van der Waals surface area contributed by atoms with Gasteiger partial charge in [0.05, 0.1) is 13.4 Å². The molecule has 0 saturated carbocycles. The minimum Gasteiger partial charge on any atom is -0.497 e. The topological polar surface area (TPSA) is 82.4 Å². The Morgan fingerprint density at radius 2 is 1.95 bits per heavy atom. The van der Waals surface area contributed by atoms with Gasteiger partial charge in [0.2, 0.25) is 0 Å². The first-order chi connectivity index (χ1) is 10.7. The van der Waals surface area contributed by atoms with Gasteiger partial charge < -0.3 is 14.8 Å². The number of carbonyl (C=O) groups is 1. The van der Waals surface area contributed by atoms with Gasteiger partial charge in [-0.1, -0.05) is 0 Å². The van der Waals surface area contributed by atoms with Crippen LogP contribution < -0.4 is 20.3 Å². The number of amides is 1. The molecular weight excluding hydrogens is 286 g/mol. The number of nitrogens with one attached hydrogen (secondary N) is 1. The van der Waals surface area contributed by atoms with E-state index in [0.29, 0.717) is 18.8 Å². The van der Waals surface area contributed by atoms with Crippen molar-refractivity contribution in [2.24, 2.45) is 0 Å². The van der Waals surface area contributed by atoms with E-state index in [0.717, 1.165) is 5.75 Å². The van der Waals surface area contributed by atoms with Crippen LogP contribution in [-0.2, 0) is 11.3 Å². The highest BCUT2D eigenvalue weighted by Gasteiger charge is 2.03. The predicted octanol–water partition coefficient (Wildman–Crippen LogP) is 0.447. The third kappa shape index (κ3) is 4.62. The van der Waals surface area contributed by atoms with E-state index in [9.17, 15) is 9.59 Å². The van der Waals surface area contributed by atoms with Gasteiger partial charge in [0.25, 0.3) is 11.5 Å². The summed E-state index contributed by atoms with van der Waals surface area (Å²) >= 11 is 0. The summed E-state index contributed by atoms with van der Waals surface area (Å²) in [5.74, 6) is 1.05. The van der Waals surface area contributed by atoms with Gasteiger partial charge in [-0.15, -0.1) is 0 Å². The number of nitrogens with zero attached hydrogens (tertiary/aromatic N) is 2. The first-order valence-corrected chi connectivity index (χ1v) is 6.73. The minimum atomic E-state index is -0.257. The average Bonchev–Trinajstić information content (AvgIpc) is 2.55. The largest absolute Gasteiger partial charge is 0.497 e. The number of hydrogen-bond acceptors (Lipinski definition) is 5. The molecule has 0 aliphatic carbocycles. The van der Waals surface area contributed by atoms with Crippen molar-refractivity contribution in [2.45, 2.75) is 6.54 Å². The van der Waals surface area contributed by atoms with Crippen molar-refractivity contribution in [1.29, 1.82) is 0 Å². The Labute approximate surface area is 127 Å². The Balaban J connectivity index is 1.71. The van der Waals surface area contributed by atoms with Crippen LogP contribution in [0.3, 0.4) is 0 Å². The second-order valence-corrected chi connectivity index (χ2v) is 4.43. The van der Waals surface area contributed by atoms with E-state index < -0.39 is 0 Å². The van der Waals surface area contributed by atoms with Crippen LogP contribution in [0.5, 0.6) is 11.5 Å². The lowest BCUT2D eigenvalue weighted by atomic mass is 10.3. The fourth-order valence-electron chi connectivity index (χ4n) is 1.73. The smallest absolute Gasteiger partial charge is 0.258 e. The molecule has 1 aromatic heterocycles. The van der Waals surface area contributed by atoms with Crippen molar-refractivity contribution in [2.75, 3.05) is 20.3 Å². The molecule has 1 aromatic carbocycles. The Bertz CT molecular complexity index is 667. The maximum atomic E-state index is 11.7. The van der Waals surface area contributed by atoms with Gasteiger partial charge >= 0.3 is 0 Å². The maximum Gasteiger partial charge on any atom is 0.258 e. The minimum absolute atomic E-state index is 0.0890. The summed E-state index contributed by atoms with van der Waals surface area (Å²) in [5.41, 5.74) is -0.154. The van der Waals surface area contributed by atoms with E-state index in [-0.39, 0.29) is 18.1 Å². The first-order valence-electron chi connectivity index (χ1n) is 6.73. The quantitative estimate of drug-likeness (QED) is 0.803. The Morgan fingerprint density at radius 3 is 2.64 bits per heavy atom. The van der Waals surface area contributed by atoms with Crippen molar-refractivity contribution in [3.63, 3.8) is 0 Å². The monoisotopic (exact) mass is 303 g/mol. The summed E-state index contributed by atoms with van der Waals surface area (Å²) in [7, 11) is 1.58. The fourth-order valence-corrected chi connectivity index (χ4v) is 1.73. The Morgan fingerprint density at radius 1 is 1.23 bits per heavy atom. The van der Waals surface area contributed by atoms with Crippen LogP contribution in [-0.4, -0.2) is 35.7 Å². The van der Waals surface area contributed by atoms with E-state index in [1.807, 2.05) is 0 Å². The highest BCUT2D eigenvalue weighted by Crippen LogP contribution is 2.16. The molecule has 0 fully saturated rings. The summed E-state index contributed by atoms with van der Waals surface area (Å²) in [4.78, 5) is 26.9. The molecule has 0 aliphatic heterocycles. The molecule has 7 nitrogen and oxygen atoms in total. The number of ether oxygens (including phenoxy) is 2.